The minimum atomic E-state index is -0.550. The number of phenolic OH excluding ortho intramolecular Hbond substituents is 2. The molecule has 0 radical (unpaired) electrons. The molecule has 0 bridgehead atoms. The molecule has 0 heterocycles. The molecule has 0 unspecified atom stereocenters. The largest absolute Gasteiger partial charge is 0.508 e. The molecule has 5 heteroatoms. The van der Waals surface area contributed by atoms with Crippen molar-refractivity contribution in [2.75, 3.05) is 0 Å². The van der Waals surface area contributed by atoms with E-state index in [4.69, 9.17) is 5.11 Å². The fourth-order valence-electron chi connectivity index (χ4n) is 1.69. The molecule has 2 aromatic rings. The highest BCUT2D eigenvalue weighted by Crippen LogP contribution is 2.22. The topological polar surface area (TPSA) is 81.9 Å². The van der Waals surface area contributed by atoms with Gasteiger partial charge in [0.05, 0.1) is 11.8 Å². The van der Waals surface area contributed by atoms with Gasteiger partial charge in [0.1, 0.15) is 11.5 Å². The number of carbonyl (C=O) groups is 1. The van der Waals surface area contributed by atoms with Crippen LogP contribution in [0.1, 0.15) is 21.5 Å². The van der Waals surface area contributed by atoms with Gasteiger partial charge in [0.2, 0.25) is 0 Å². The fraction of sp³-hybridized carbons (Fsp3) is 0.0667. The zero-order valence-corrected chi connectivity index (χ0v) is 10.9. The van der Waals surface area contributed by atoms with E-state index in [2.05, 4.69) is 10.5 Å². The van der Waals surface area contributed by atoms with E-state index < -0.39 is 5.91 Å². The van der Waals surface area contributed by atoms with E-state index in [1.54, 1.807) is 0 Å². The van der Waals surface area contributed by atoms with Gasteiger partial charge in [0.15, 0.2) is 0 Å². The first kappa shape index (κ1) is 13.6. The Morgan fingerprint density at radius 3 is 2.70 bits per heavy atom. The van der Waals surface area contributed by atoms with Crippen molar-refractivity contribution in [3.8, 4) is 11.5 Å². The number of nitrogens with one attached hydrogen (secondary N) is 1. The van der Waals surface area contributed by atoms with Crippen LogP contribution in [0.25, 0.3) is 0 Å². The second-order valence-electron chi connectivity index (χ2n) is 4.31. The Hall–Kier alpha value is -2.82. The van der Waals surface area contributed by atoms with Gasteiger partial charge in [0, 0.05) is 6.07 Å². The van der Waals surface area contributed by atoms with Crippen LogP contribution in [0.5, 0.6) is 11.5 Å². The number of carbonyl (C=O) groups excluding carboxylic acids is 1. The summed E-state index contributed by atoms with van der Waals surface area (Å²) in [5, 5.41) is 22.5. The van der Waals surface area contributed by atoms with Crippen LogP contribution in [0.15, 0.2) is 47.6 Å². The minimum Gasteiger partial charge on any atom is -0.508 e. The number of hydrogen-bond donors (Lipinski definition) is 3. The van der Waals surface area contributed by atoms with Crippen molar-refractivity contribution in [3.05, 3.63) is 59.2 Å². The molecule has 0 aromatic heterocycles. The van der Waals surface area contributed by atoms with E-state index in [0.29, 0.717) is 0 Å². The fourth-order valence-corrected chi connectivity index (χ4v) is 1.69. The highest BCUT2D eigenvalue weighted by molar-refractivity contribution is 5.97. The quantitative estimate of drug-likeness (QED) is 0.590. The van der Waals surface area contributed by atoms with E-state index >= 15 is 0 Å². The summed E-state index contributed by atoms with van der Waals surface area (Å²) >= 11 is 0. The number of rotatable bonds is 3. The lowest BCUT2D eigenvalue weighted by Gasteiger charge is -2.03. The molecule has 0 spiro atoms. The summed E-state index contributed by atoms with van der Waals surface area (Å²) in [6, 6.07) is 11.4. The predicted octanol–water partition coefficient (Wildman–Crippen LogP) is 2.17. The summed E-state index contributed by atoms with van der Waals surface area (Å²) in [5.41, 5.74) is 4.32. The highest BCUT2D eigenvalue weighted by atomic mass is 16.3. The van der Waals surface area contributed by atoms with Gasteiger partial charge in [-0.3, -0.25) is 4.79 Å². The highest BCUT2D eigenvalue weighted by Gasteiger charge is 2.10. The number of amides is 1. The lowest BCUT2D eigenvalue weighted by atomic mass is 10.1. The Morgan fingerprint density at radius 2 is 2.00 bits per heavy atom. The number of hydrogen-bond acceptors (Lipinski definition) is 4. The molecule has 0 atom stereocenters. The first-order valence-electron chi connectivity index (χ1n) is 5.98. The molecule has 102 valence electrons. The Bertz CT molecular complexity index is 666. The number of aromatic hydroxyl groups is 2. The third-order valence-electron chi connectivity index (χ3n) is 2.65. The molecular weight excluding hydrogens is 256 g/mol. The van der Waals surface area contributed by atoms with Crippen LogP contribution >= 0.6 is 0 Å². The average Bonchev–Trinajstić information content (AvgIpc) is 2.38. The SMILES string of the molecule is Cc1cccc(C=NNC(=O)c2ccc(O)cc2O)c1. The van der Waals surface area contributed by atoms with Gasteiger partial charge in [0.25, 0.3) is 5.91 Å². The van der Waals surface area contributed by atoms with Gasteiger partial charge in [-0.25, -0.2) is 5.43 Å². The summed E-state index contributed by atoms with van der Waals surface area (Å²) in [4.78, 5) is 11.8. The molecule has 0 aliphatic heterocycles. The van der Waals surface area contributed by atoms with Crippen LogP contribution in [-0.4, -0.2) is 22.3 Å². The zero-order valence-electron chi connectivity index (χ0n) is 10.9. The molecule has 1 amide bonds. The maximum absolute atomic E-state index is 11.8. The standard InChI is InChI=1S/C15H14N2O3/c1-10-3-2-4-11(7-10)9-16-17-15(20)13-6-5-12(18)8-14(13)19/h2-9,18-19H,1H3,(H,17,20). The summed E-state index contributed by atoms with van der Waals surface area (Å²) in [6.45, 7) is 1.96. The summed E-state index contributed by atoms with van der Waals surface area (Å²) < 4.78 is 0. The molecule has 0 aliphatic carbocycles. The smallest absolute Gasteiger partial charge is 0.275 e. The van der Waals surface area contributed by atoms with E-state index in [-0.39, 0.29) is 17.1 Å². The van der Waals surface area contributed by atoms with Crippen LogP contribution in [0.3, 0.4) is 0 Å². The second kappa shape index (κ2) is 5.88. The third kappa shape index (κ3) is 3.35. The van der Waals surface area contributed by atoms with Crippen LogP contribution in [0, 0.1) is 6.92 Å². The first-order chi connectivity index (χ1) is 9.56. The molecule has 0 saturated carbocycles. The van der Waals surface area contributed by atoms with Crippen molar-refractivity contribution in [2.24, 2.45) is 5.10 Å². The molecule has 5 nitrogen and oxygen atoms in total. The number of aryl methyl sites for hydroxylation is 1. The molecule has 0 fully saturated rings. The summed E-state index contributed by atoms with van der Waals surface area (Å²) in [6.07, 6.45) is 1.52. The molecule has 0 saturated heterocycles. The normalized spacial score (nSPS) is 10.7. The lowest BCUT2D eigenvalue weighted by Crippen LogP contribution is -2.17. The predicted molar refractivity (Wildman–Crippen MR) is 76.0 cm³/mol. The van der Waals surface area contributed by atoms with Crippen molar-refractivity contribution in [3.63, 3.8) is 0 Å². The van der Waals surface area contributed by atoms with Crippen molar-refractivity contribution in [1.82, 2.24) is 5.43 Å². The molecular formula is C15H14N2O3. The average molecular weight is 270 g/mol. The van der Waals surface area contributed by atoms with Gasteiger partial charge in [-0.15, -0.1) is 0 Å². The van der Waals surface area contributed by atoms with Gasteiger partial charge in [-0.05, 0) is 24.6 Å². The van der Waals surface area contributed by atoms with Gasteiger partial charge >= 0.3 is 0 Å². The van der Waals surface area contributed by atoms with Crippen molar-refractivity contribution in [2.45, 2.75) is 6.92 Å². The lowest BCUT2D eigenvalue weighted by molar-refractivity contribution is 0.0952. The zero-order chi connectivity index (χ0) is 14.5. The Labute approximate surface area is 116 Å². The number of phenols is 2. The molecule has 2 rings (SSSR count). The van der Waals surface area contributed by atoms with E-state index in [1.807, 2.05) is 31.2 Å². The number of hydrazone groups is 1. The minimum absolute atomic E-state index is 0.0455. The first-order valence-corrected chi connectivity index (χ1v) is 5.98. The number of benzene rings is 2. The van der Waals surface area contributed by atoms with Gasteiger partial charge in [-0.1, -0.05) is 29.8 Å². The Morgan fingerprint density at radius 1 is 1.20 bits per heavy atom. The second-order valence-corrected chi connectivity index (χ2v) is 4.31. The summed E-state index contributed by atoms with van der Waals surface area (Å²) in [7, 11) is 0. The van der Waals surface area contributed by atoms with Crippen LogP contribution in [0.4, 0.5) is 0 Å². The van der Waals surface area contributed by atoms with E-state index in [0.717, 1.165) is 17.2 Å². The molecule has 3 N–H and O–H groups in total. The molecule has 20 heavy (non-hydrogen) atoms. The van der Waals surface area contributed by atoms with Crippen LogP contribution in [-0.2, 0) is 0 Å². The summed E-state index contributed by atoms with van der Waals surface area (Å²) in [5.74, 6) is -0.957. The molecule has 2 aromatic carbocycles. The maximum Gasteiger partial charge on any atom is 0.275 e. The van der Waals surface area contributed by atoms with Gasteiger partial charge in [-0.2, -0.15) is 5.10 Å². The Kier molecular flexibility index (Phi) is 4.00. The third-order valence-corrected chi connectivity index (χ3v) is 2.65. The monoisotopic (exact) mass is 270 g/mol. The van der Waals surface area contributed by atoms with Gasteiger partial charge < -0.3 is 10.2 Å². The van der Waals surface area contributed by atoms with Crippen LogP contribution in [0.2, 0.25) is 0 Å². The van der Waals surface area contributed by atoms with E-state index in [1.165, 1.54) is 18.3 Å². The maximum atomic E-state index is 11.8. The number of nitrogens with zero attached hydrogens (tertiary/aromatic N) is 1. The van der Waals surface area contributed by atoms with Crippen molar-refractivity contribution in [1.29, 1.82) is 0 Å². The van der Waals surface area contributed by atoms with E-state index in [9.17, 15) is 9.90 Å². The Balaban J connectivity index is 2.05. The molecule has 0 aliphatic rings. The van der Waals surface area contributed by atoms with Crippen molar-refractivity contribution < 1.29 is 15.0 Å². The van der Waals surface area contributed by atoms with Crippen LogP contribution < -0.4 is 5.43 Å². The van der Waals surface area contributed by atoms with Crippen molar-refractivity contribution >= 4 is 12.1 Å².